The highest BCUT2D eigenvalue weighted by Gasteiger charge is 2.65. The molecule has 3 amide bonds. The third-order valence-corrected chi connectivity index (χ3v) is 15.1. The first-order chi connectivity index (χ1) is 26.3. The van der Waals surface area contributed by atoms with Gasteiger partial charge in [-0.3, -0.25) is 19.2 Å². The molecule has 4 aliphatic rings. The van der Waals surface area contributed by atoms with Crippen molar-refractivity contribution in [3.05, 3.63) is 127 Å². The lowest BCUT2D eigenvalue weighted by Gasteiger charge is -2.38. The molecule has 5 heterocycles. The van der Waals surface area contributed by atoms with Crippen molar-refractivity contribution < 1.29 is 36.0 Å². The fraction of sp³-hybridized carbons (Fsp3) is 0.231. The Morgan fingerprint density at radius 1 is 0.745 bits per heavy atom. The number of alkyl halides is 1. The lowest BCUT2D eigenvalue weighted by molar-refractivity contribution is -0.145. The van der Waals surface area contributed by atoms with Crippen LogP contribution in [0.4, 0.5) is 5.69 Å². The summed E-state index contributed by atoms with van der Waals surface area (Å²) in [6, 6.07) is 29.4. The summed E-state index contributed by atoms with van der Waals surface area (Å²) in [6.45, 7) is -0.134. The molecule has 13 nitrogen and oxygen atoms in total. The number of piperazine rings is 1. The minimum Gasteiger partial charge on any atom is -0.346 e. The number of halogens is 1. The average molecular weight is 845 g/mol. The summed E-state index contributed by atoms with van der Waals surface area (Å²) in [5.74, 6) is -0.739. The zero-order valence-electron chi connectivity index (χ0n) is 29.0. The van der Waals surface area contributed by atoms with E-state index in [1.54, 1.807) is 79.0 Å². The van der Waals surface area contributed by atoms with Crippen LogP contribution in [0.1, 0.15) is 30.4 Å². The van der Waals surface area contributed by atoms with E-state index in [0.29, 0.717) is 23.2 Å². The molecule has 55 heavy (non-hydrogen) atoms. The number of para-hydroxylation sites is 2. The average Bonchev–Trinajstić information content (AvgIpc) is 3.81. The molecule has 4 atom stereocenters. The Morgan fingerprint density at radius 3 is 2.07 bits per heavy atom. The number of carbonyl (C=O) groups is 4. The lowest BCUT2D eigenvalue weighted by Crippen LogP contribution is -2.62. The number of aromatic nitrogens is 1. The monoisotopic (exact) mass is 843 g/mol. The molecule has 4 aliphatic heterocycles. The van der Waals surface area contributed by atoms with E-state index in [4.69, 9.17) is 0 Å². The number of anilines is 1. The second kappa shape index (κ2) is 13.8. The van der Waals surface area contributed by atoms with E-state index in [9.17, 15) is 36.0 Å². The number of rotatable bonds is 6. The second-order valence-corrected chi connectivity index (χ2v) is 18.7. The first-order valence-corrected chi connectivity index (χ1v) is 21.2. The SMILES string of the molecule is O=C1CCC(=O)[C@H](Cc2cn(S(=O)(=O)c3ccccc3)c3ccccc23)N1.O=C1NCC(=O)N2[C@H]1C[C@]1(Br)c3ccccc3N(S(=O)(=O)c3ccccc3)[C@H]21. The molecule has 0 unspecified atom stereocenters. The van der Waals surface area contributed by atoms with E-state index >= 15 is 0 Å². The minimum absolute atomic E-state index is 0.0302. The number of amides is 3. The van der Waals surface area contributed by atoms with Gasteiger partial charge in [0.05, 0.1) is 37.9 Å². The maximum atomic E-state index is 13.6. The van der Waals surface area contributed by atoms with Crippen molar-refractivity contribution in [3.63, 3.8) is 0 Å². The number of carbonyl (C=O) groups excluding carboxylic acids is 4. The first kappa shape index (κ1) is 36.6. The summed E-state index contributed by atoms with van der Waals surface area (Å²) in [4.78, 5) is 50.8. The summed E-state index contributed by atoms with van der Waals surface area (Å²) < 4.78 is 55.1. The molecule has 0 saturated carbocycles. The van der Waals surface area contributed by atoms with Gasteiger partial charge in [0, 0.05) is 37.3 Å². The molecule has 9 rings (SSSR count). The lowest BCUT2D eigenvalue weighted by atomic mass is 9.96. The van der Waals surface area contributed by atoms with Crippen LogP contribution in [0.2, 0.25) is 0 Å². The van der Waals surface area contributed by atoms with Gasteiger partial charge in [-0.2, -0.15) is 0 Å². The summed E-state index contributed by atoms with van der Waals surface area (Å²) >= 11 is 3.74. The number of ketones is 1. The number of fused-ring (bicyclic) bond motifs is 6. The van der Waals surface area contributed by atoms with Crippen LogP contribution < -0.4 is 14.9 Å². The van der Waals surface area contributed by atoms with Crippen molar-refractivity contribution in [1.29, 1.82) is 0 Å². The van der Waals surface area contributed by atoms with Crippen molar-refractivity contribution in [2.75, 3.05) is 10.8 Å². The van der Waals surface area contributed by atoms with Gasteiger partial charge in [0.25, 0.3) is 20.0 Å². The normalized spacial score (nSPS) is 23.3. The van der Waals surface area contributed by atoms with Crippen LogP contribution in [-0.2, 0) is 50.0 Å². The molecule has 5 aromatic rings. The van der Waals surface area contributed by atoms with Crippen LogP contribution >= 0.6 is 15.9 Å². The fourth-order valence-electron chi connectivity index (χ4n) is 7.87. The van der Waals surface area contributed by atoms with Gasteiger partial charge in [-0.25, -0.2) is 25.1 Å². The summed E-state index contributed by atoms with van der Waals surface area (Å²) in [6.07, 6.45) is 1.70. The highest BCUT2D eigenvalue weighted by molar-refractivity contribution is 9.09. The molecule has 0 aliphatic carbocycles. The van der Waals surface area contributed by atoms with E-state index in [2.05, 4.69) is 26.6 Å². The van der Waals surface area contributed by atoms with Gasteiger partial charge in [-0.05, 0) is 47.5 Å². The maximum absolute atomic E-state index is 13.6. The van der Waals surface area contributed by atoms with Crippen molar-refractivity contribution in [2.24, 2.45) is 0 Å². The van der Waals surface area contributed by atoms with Crippen molar-refractivity contribution >= 4 is 76.1 Å². The van der Waals surface area contributed by atoms with Gasteiger partial charge >= 0.3 is 0 Å². The van der Waals surface area contributed by atoms with E-state index in [1.165, 1.54) is 25.3 Å². The van der Waals surface area contributed by atoms with E-state index in [-0.39, 0.29) is 59.1 Å². The third-order valence-electron chi connectivity index (χ3n) is 10.4. The molecule has 4 aromatic carbocycles. The zero-order chi connectivity index (χ0) is 38.7. The van der Waals surface area contributed by atoms with Crippen LogP contribution in [0.15, 0.2) is 125 Å². The highest BCUT2D eigenvalue weighted by Crippen LogP contribution is 2.59. The van der Waals surface area contributed by atoms with Gasteiger partial charge in [0.1, 0.15) is 12.2 Å². The van der Waals surface area contributed by atoms with Crippen LogP contribution in [0.5, 0.6) is 0 Å². The molecule has 3 fully saturated rings. The number of nitrogens with zero attached hydrogens (tertiary/aromatic N) is 3. The Balaban J connectivity index is 0.000000155. The first-order valence-electron chi connectivity index (χ1n) is 17.5. The Labute approximate surface area is 325 Å². The summed E-state index contributed by atoms with van der Waals surface area (Å²) in [7, 11) is -7.72. The number of Topliss-reactive ketones (excluding diaryl/α,β-unsaturated/α-hetero) is 1. The topological polar surface area (TPSA) is 172 Å². The summed E-state index contributed by atoms with van der Waals surface area (Å²) in [5, 5.41) is 6.07. The number of piperidine rings is 1. The van der Waals surface area contributed by atoms with Crippen LogP contribution in [-0.4, -0.2) is 74.0 Å². The van der Waals surface area contributed by atoms with Gasteiger partial charge in [-0.1, -0.05) is 88.7 Å². The standard InChI is InChI=1S/C20H18N2O4S.C19H16BrN3O4S/c23-19-10-11-20(24)21-17(19)12-14-13-22(18-9-5-4-8-16(14)18)27(25,26)15-6-2-1-3-7-15;20-19-10-15-17(25)21-11-16(24)22(15)18(19)23(14-9-5-4-8-13(14)19)28(26,27)12-6-2-1-3-7-12/h1-9,13,17H,10-12H2,(H,21,24);1-9,15,18H,10-11H2,(H,21,25)/t17-;15-,18-,19-/m00/s1. The molecule has 282 valence electrons. The quantitative estimate of drug-likeness (QED) is 0.243. The molecule has 3 saturated heterocycles. The van der Waals surface area contributed by atoms with Gasteiger partial charge in [0.2, 0.25) is 17.7 Å². The molecule has 1 aromatic heterocycles. The Kier molecular flexibility index (Phi) is 9.17. The van der Waals surface area contributed by atoms with E-state index in [0.717, 1.165) is 10.9 Å². The van der Waals surface area contributed by atoms with Crippen molar-refractivity contribution in [2.45, 2.75) is 58.0 Å². The molecule has 16 heteroatoms. The number of hydrogen-bond acceptors (Lipinski definition) is 8. The fourth-order valence-corrected chi connectivity index (χ4v) is 12.2. The maximum Gasteiger partial charge on any atom is 0.268 e. The van der Waals surface area contributed by atoms with Crippen LogP contribution in [0.3, 0.4) is 0 Å². The number of nitrogens with one attached hydrogen (secondary N) is 2. The zero-order valence-corrected chi connectivity index (χ0v) is 32.3. The Hall–Kier alpha value is -5.32. The second-order valence-electron chi connectivity index (χ2n) is 13.7. The van der Waals surface area contributed by atoms with Gasteiger partial charge in [0.15, 0.2) is 5.78 Å². The molecule has 0 bridgehead atoms. The number of hydrogen-bond donors (Lipinski definition) is 2. The molecule has 0 radical (unpaired) electrons. The highest BCUT2D eigenvalue weighted by atomic mass is 79.9. The Bertz CT molecular complexity index is 2600. The summed E-state index contributed by atoms with van der Waals surface area (Å²) in [5.41, 5.74) is 2.54. The third kappa shape index (κ3) is 6.12. The van der Waals surface area contributed by atoms with Gasteiger partial charge < -0.3 is 15.5 Å². The molecular weight excluding hydrogens is 810 g/mol. The predicted octanol–water partition coefficient (Wildman–Crippen LogP) is 3.81. The molecule has 0 spiro atoms. The molecular formula is C39H34BrN5O8S2. The van der Waals surface area contributed by atoms with E-state index < -0.39 is 42.6 Å². The molecule has 2 N–H and O–H groups in total. The van der Waals surface area contributed by atoms with Crippen LogP contribution in [0.25, 0.3) is 10.9 Å². The van der Waals surface area contributed by atoms with Crippen molar-refractivity contribution in [3.8, 4) is 0 Å². The Morgan fingerprint density at radius 2 is 1.36 bits per heavy atom. The smallest absolute Gasteiger partial charge is 0.268 e. The number of benzene rings is 4. The minimum atomic E-state index is -3.96. The van der Waals surface area contributed by atoms with Crippen molar-refractivity contribution in [1.82, 2.24) is 19.5 Å². The number of sulfonamides is 1. The van der Waals surface area contributed by atoms with E-state index in [1.807, 2.05) is 24.3 Å². The van der Waals surface area contributed by atoms with Crippen LogP contribution in [0, 0.1) is 0 Å². The predicted molar refractivity (Wildman–Crippen MR) is 206 cm³/mol. The largest absolute Gasteiger partial charge is 0.346 e. The van der Waals surface area contributed by atoms with Gasteiger partial charge in [-0.15, -0.1) is 0 Å².